The summed E-state index contributed by atoms with van der Waals surface area (Å²) in [5.41, 5.74) is 3.26. The highest BCUT2D eigenvalue weighted by atomic mass is 15.4. The van der Waals surface area contributed by atoms with Crippen molar-refractivity contribution < 1.29 is 0 Å². The molecule has 1 aromatic heterocycles. The molecular formula is C15H16N4. The summed E-state index contributed by atoms with van der Waals surface area (Å²) >= 11 is 0. The van der Waals surface area contributed by atoms with Crippen LogP contribution in [0.5, 0.6) is 0 Å². The third kappa shape index (κ3) is 2.24. The lowest BCUT2D eigenvalue weighted by atomic mass is 9.70. The van der Waals surface area contributed by atoms with Gasteiger partial charge in [0.05, 0.1) is 17.2 Å². The van der Waals surface area contributed by atoms with E-state index in [0.717, 1.165) is 25.0 Å². The lowest BCUT2D eigenvalue weighted by molar-refractivity contribution is 0.336. The highest BCUT2D eigenvalue weighted by molar-refractivity contribution is 5.33. The molecule has 1 unspecified atom stereocenters. The van der Waals surface area contributed by atoms with Gasteiger partial charge in [-0.05, 0) is 30.4 Å². The van der Waals surface area contributed by atoms with Crippen molar-refractivity contribution in [2.24, 2.45) is 12.5 Å². The zero-order valence-corrected chi connectivity index (χ0v) is 11.0. The van der Waals surface area contributed by atoms with Gasteiger partial charge in [0.15, 0.2) is 0 Å². The van der Waals surface area contributed by atoms with Crippen LogP contribution in [0.2, 0.25) is 0 Å². The molecule has 0 spiro atoms. The van der Waals surface area contributed by atoms with Crippen molar-refractivity contribution in [3.05, 3.63) is 47.3 Å². The van der Waals surface area contributed by atoms with Gasteiger partial charge in [0, 0.05) is 19.7 Å². The van der Waals surface area contributed by atoms with Crippen LogP contribution in [0.4, 0.5) is 0 Å². The van der Waals surface area contributed by atoms with Gasteiger partial charge in [0.1, 0.15) is 0 Å². The summed E-state index contributed by atoms with van der Waals surface area (Å²) in [6.45, 7) is 0. The van der Waals surface area contributed by atoms with Crippen LogP contribution in [-0.4, -0.2) is 15.0 Å². The van der Waals surface area contributed by atoms with Crippen LogP contribution in [0, 0.1) is 16.7 Å². The molecule has 0 saturated heterocycles. The molecule has 4 nitrogen and oxygen atoms in total. The molecule has 0 fully saturated rings. The number of aryl methyl sites for hydroxylation is 2. The van der Waals surface area contributed by atoms with E-state index in [-0.39, 0.29) is 5.41 Å². The van der Waals surface area contributed by atoms with Crippen LogP contribution in [-0.2, 0) is 26.3 Å². The smallest absolute Gasteiger partial charge is 0.0843 e. The van der Waals surface area contributed by atoms with E-state index in [9.17, 15) is 5.26 Å². The molecule has 0 N–H and O–H groups in total. The number of nitrogens with zero attached hydrogens (tertiary/aromatic N) is 4. The number of hydrogen-bond donors (Lipinski definition) is 0. The number of aromatic nitrogens is 3. The molecule has 0 amide bonds. The monoisotopic (exact) mass is 252 g/mol. The van der Waals surface area contributed by atoms with Gasteiger partial charge in [-0.3, -0.25) is 4.68 Å². The highest BCUT2D eigenvalue weighted by Crippen LogP contribution is 2.37. The molecule has 1 heterocycles. The predicted octanol–water partition coefficient (Wildman–Crippen LogP) is 2.06. The van der Waals surface area contributed by atoms with Gasteiger partial charge >= 0.3 is 0 Å². The van der Waals surface area contributed by atoms with Crippen molar-refractivity contribution >= 4 is 0 Å². The fourth-order valence-corrected chi connectivity index (χ4v) is 2.91. The molecule has 3 rings (SSSR count). The average Bonchev–Trinajstić information content (AvgIpc) is 2.84. The van der Waals surface area contributed by atoms with Crippen molar-refractivity contribution in [1.82, 2.24) is 15.0 Å². The molecule has 0 radical (unpaired) electrons. The Morgan fingerprint density at radius 3 is 2.84 bits per heavy atom. The first kappa shape index (κ1) is 11.9. The Bertz CT molecular complexity index is 638. The average molecular weight is 252 g/mol. The van der Waals surface area contributed by atoms with E-state index in [4.69, 9.17) is 0 Å². The van der Waals surface area contributed by atoms with Crippen molar-refractivity contribution in [2.75, 3.05) is 0 Å². The maximum absolute atomic E-state index is 9.63. The Kier molecular flexibility index (Phi) is 2.83. The van der Waals surface area contributed by atoms with Crippen LogP contribution in [0.3, 0.4) is 0 Å². The van der Waals surface area contributed by atoms with Crippen molar-refractivity contribution in [2.45, 2.75) is 25.7 Å². The number of hydrogen-bond acceptors (Lipinski definition) is 3. The molecular weight excluding hydrogens is 236 g/mol. The van der Waals surface area contributed by atoms with E-state index < -0.39 is 0 Å². The zero-order chi connectivity index (χ0) is 13.3. The number of nitriles is 1. The third-order valence-electron chi connectivity index (χ3n) is 3.93. The van der Waals surface area contributed by atoms with Crippen molar-refractivity contribution in [3.8, 4) is 6.07 Å². The number of rotatable bonds is 2. The molecule has 0 saturated carbocycles. The summed E-state index contributed by atoms with van der Waals surface area (Å²) in [4.78, 5) is 0. The standard InChI is InChI=1S/C15H16N4/c1-19-10-14(17-18-19)9-15(11-16)7-6-12-4-2-3-5-13(12)8-15/h2-5,10H,6-9H2,1H3. The quantitative estimate of drug-likeness (QED) is 0.822. The van der Waals surface area contributed by atoms with Crippen molar-refractivity contribution in [1.29, 1.82) is 5.26 Å². The first-order valence-corrected chi connectivity index (χ1v) is 6.54. The Morgan fingerprint density at radius 2 is 2.16 bits per heavy atom. The summed E-state index contributed by atoms with van der Waals surface area (Å²) in [7, 11) is 1.85. The minimum absolute atomic E-state index is 0.329. The van der Waals surface area contributed by atoms with Gasteiger partial charge in [-0.25, -0.2) is 0 Å². The fourth-order valence-electron chi connectivity index (χ4n) is 2.91. The first-order chi connectivity index (χ1) is 9.21. The Morgan fingerprint density at radius 1 is 1.37 bits per heavy atom. The van der Waals surface area contributed by atoms with E-state index in [1.54, 1.807) is 4.68 Å². The minimum Gasteiger partial charge on any atom is -0.255 e. The molecule has 1 atom stereocenters. The minimum atomic E-state index is -0.329. The van der Waals surface area contributed by atoms with Gasteiger partial charge in [-0.2, -0.15) is 5.26 Å². The van der Waals surface area contributed by atoms with Crippen LogP contribution in [0.1, 0.15) is 23.2 Å². The Balaban J connectivity index is 1.88. The second-order valence-corrected chi connectivity index (χ2v) is 5.40. The summed E-state index contributed by atoms with van der Waals surface area (Å²) in [5.74, 6) is 0. The maximum Gasteiger partial charge on any atom is 0.0843 e. The molecule has 1 aliphatic rings. The summed E-state index contributed by atoms with van der Waals surface area (Å²) < 4.78 is 1.69. The van der Waals surface area contributed by atoms with Gasteiger partial charge in [0.25, 0.3) is 0 Å². The SMILES string of the molecule is Cn1cc(CC2(C#N)CCc3ccccc3C2)nn1. The van der Waals surface area contributed by atoms with E-state index in [2.05, 4.69) is 40.6 Å². The van der Waals surface area contributed by atoms with Gasteiger partial charge in [-0.15, -0.1) is 5.10 Å². The normalized spacial score (nSPS) is 21.7. The van der Waals surface area contributed by atoms with E-state index in [1.807, 2.05) is 13.2 Å². The second-order valence-electron chi connectivity index (χ2n) is 5.40. The second kappa shape index (κ2) is 4.51. The predicted molar refractivity (Wildman–Crippen MR) is 71.2 cm³/mol. The molecule has 19 heavy (non-hydrogen) atoms. The topological polar surface area (TPSA) is 54.5 Å². The van der Waals surface area contributed by atoms with Gasteiger partial charge in [0.2, 0.25) is 0 Å². The number of fused-ring (bicyclic) bond motifs is 1. The molecule has 2 aromatic rings. The molecule has 4 heteroatoms. The summed E-state index contributed by atoms with van der Waals surface area (Å²) in [5, 5.41) is 17.7. The third-order valence-corrected chi connectivity index (χ3v) is 3.93. The van der Waals surface area contributed by atoms with Crippen molar-refractivity contribution in [3.63, 3.8) is 0 Å². The molecule has 1 aromatic carbocycles. The first-order valence-electron chi connectivity index (χ1n) is 6.54. The van der Waals surface area contributed by atoms with Crippen LogP contribution >= 0.6 is 0 Å². The highest BCUT2D eigenvalue weighted by Gasteiger charge is 2.35. The van der Waals surface area contributed by atoms with Crippen LogP contribution < -0.4 is 0 Å². The largest absolute Gasteiger partial charge is 0.255 e. The van der Waals surface area contributed by atoms with E-state index in [1.165, 1.54) is 11.1 Å². The maximum atomic E-state index is 9.63. The van der Waals surface area contributed by atoms with E-state index in [0.29, 0.717) is 6.42 Å². The molecule has 1 aliphatic carbocycles. The molecule has 0 aliphatic heterocycles. The lowest BCUT2D eigenvalue weighted by Crippen LogP contribution is -2.30. The Hall–Kier alpha value is -2.15. The van der Waals surface area contributed by atoms with Crippen LogP contribution in [0.15, 0.2) is 30.5 Å². The molecule has 0 bridgehead atoms. The zero-order valence-electron chi connectivity index (χ0n) is 11.0. The summed E-state index contributed by atoms with van der Waals surface area (Å²) in [6.07, 6.45) is 5.28. The number of benzene rings is 1. The summed E-state index contributed by atoms with van der Waals surface area (Å²) in [6, 6.07) is 11.0. The van der Waals surface area contributed by atoms with Crippen LogP contribution in [0.25, 0.3) is 0 Å². The fraction of sp³-hybridized carbons (Fsp3) is 0.400. The molecule has 96 valence electrons. The van der Waals surface area contributed by atoms with Gasteiger partial charge in [-0.1, -0.05) is 29.5 Å². The Labute approximate surface area is 112 Å². The lowest BCUT2D eigenvalue weighted by Gasteiger charge is -2.31. The van der Waals surface area contributed by atoms with E-state index >= 15 is 0 Å². The van der Waals surface area contributed by atoms with Gasteiger partial charge < -0.3 is 0 Å².